The summed E-state index contributed by atoms with van der Waals surface area (Å²) in [6.07, 6.45) is 1.78. The van der Waals surface area contributed by atoms with E-state index in [1.54, 1.807) is 12.3 Å². The molecule has 0 aliphatic heterocycles. The van der Waals surface area contributed by atoms with Crippen molar-refractivity contribution in [2.24, 2.45) is 0 Å². The van der Waals surface area contributed by atoms with E-state index in [2.05, 4.69) is 0 Å². The molecule has 0 heterocycles. The Morgan fingerprint density at radius 2 is 2.21 bits per heavy atom. The number of hydrogen-bond acceptors (Lipinski definition) is 2. The fraction of sp³-hybridized carbons (Fsp3) is 0.400. The summed E-state index contributed by atoms with van der Waals surface area (Å²) < 4.78 is 13.4. The van der Waals surface area contributed by atoms with Gasteiger partial charge in [-0.25, -0.2) is 4.39 Å². The zero-order chi connectivity index (χ0) is 10.7. The molecule has 1 atom stereocenters. The van der Waals surface area contributed by atoms with Crippen LogP contribution in [-0.4, -0.2) is 18.0 Å². The predicted molar refractivity (Wildman–Crippen MR) is 58.7 cm³/mol. The van der Waals surface area contributed by atoms with E-state index in [9.17, 15) is 4.39 Å². The minimum atomic E-state index is -0.319. The van der Waals surface area contributed by atoms with E-state index in [0.29, 0.717) is 9.92 Å². The third-order valence-corrected chi connectivity index (χ3v) is 3.30. The number of benzene rings is 1. The summed E-state index contributed by atoms with van der Waals surface area (Å²) in [5.41, 5.74) is 0.729. The van der Waals surface area contributed by atoms with Crippen LogP contribution >= 0.6 is 23.4 Å². The summed E-state index contributed by atoms with van der Waals surface area (Å²) in [7, 11) is 0. The highest BCUT2D eigenvalue weighted by molar-refractivity contribution is 7.98. The molecule has 0 saturated carbocycles. The Morgan fingerprint density at radius 3 is 2.64 bits per heavy atom. The van der Waals surface area contributed by atoms with Crippen molar-refractivity contribution in [1.82, 2.24) is 0 Å². The standard InChI is InChI=1S/C10H12ClFOS/c1-6(5-13)7-3-8(11)10(14-2)9(12)4-7/h3-4,6,13H,5H2,1-2H3. The summed E-state index contributed by atoms with van der Waals surface area (Å²) in [6, 6.07) is 3.13. The molecule has 1 nitrogen and oxygen atoms in total. The molecule has 0 fully saturated rings. The van der Waals surface area contributed by atoms with Crippen LogP contribution in [0.4, 0.5) is 4.39 Å². The topological polar surface area (TPSA) is 20.2 Å². The summed E-state index contributed by atoms with van der Waals surface area (Å²) >= 11 is 7.17. The average Bonchev–Trinajstić information content (AvgIpc) is 2.16. The second-order valence-electron chi connectivity index (χ2n) is 3.10. The van der Waals surface area contributed by atoms with Crippen molar-refractivity contribution in [3.05, 3.63) is 28.5 Å². The lowest BCUT2D eigenvalue weighted by atomic mass is 10.0. The molecule has 0 aromatic heterocycles. The molecular weight excluding hydrogens is 223 g/mol. The van der Waals surface area contributed by atoms with Crippen LogP contribution in [0.3, 0.4) is 0 Å². The summed E-state index contributed by atoms with van der Waals surface area (Å²) in [6.45, 7) is 1.82. The van der Waals surface area contributed by atoms with Crippen molar-refractivity contribution in [2.45, 2.75) is 17.7 Å². The maximum atomic E-state index is 13.4. The molecule has 78 valence electrons. The molecule has 1 unspecified atom stereocenters. The maximum Gasteiger partial charge on any atom is 0.138 e. The zero-order valence-corrected chi connectivity index (χ0v) is 9.62. The van der Waals surface area contributed by atoms with Gasteiger partial charge in [0.1, 0.15) is 5.82 Å². The Labute approximate surface area is 92.3 Å². The molecular formula is C10H12ClFOS. The Balaban J connectivity index is 3.13. The van der Waals surface area contributed by atoms with E-state index in [0.717, 1.165) is 5.56 Å². The van der Waals surface area contributed by atoms with Gasteiger partial charge in [0.05, 0.1) is 9.92 Å². The number of hydrogen-bond donors (Lipinski definition) is 1. The number of aliphatic hydroxyl groups excluding tert-OH is 1. The first kappa shape index (κ1) is 11.8. The smallest absolute Gasteiger partial charge is 0.138 e. The predicted octanol–water partition coefficient (Wildman–Crippen LogP) is 3.30. The minimum Gasteiger partial charge on any atom is -0.396 e. The van der Waals surface area contributed by atoms with Gasteiger partial charge in [0, 0.05) is 12.5 Å². The van der Waals surface area contributed by atoms with E-state index in [1.807, 2.05) is 6.92 Å². The van der Waals surface area contributed by atoms with Crippen molar-refractivity contribution >= 4 is 23.4 Å². The van der Waals surface area contributed by atoms with E-state index in [1.165, 1.54) is 17.8 Å². The highest BCUT2D eigenvalue weighted by Crippen LogP contribution is 2.31. The van der Waals surface area contributed by atoms with E-state index >= 15 is 0 Å². The van der Waals surface area contributed by atoms with Crippen molar-refractivity contribution in [3.63, 3.8) is 0 Å². The molecule has 0 aliphatic carbocycles. The lowest BCUT2D eigenvalue weighted by molar-refractivity contribution is 0.273. The Morgan fingerprint density at radius 1 is 1.57 bits per heavy atom. The van der Waals surface area contributed by atoms with Gasteiger partial charge in [-0.2, -0.15) is 0 Å². The van der Waals surface area contributed by atoms with Gasteiger partial charge in [-0.05, 0) is 24.0 Å². The zero-order valence-electron chi connectivity index (χ0n) is 8.05. The lowest BCUT2D eigenvalue weighted by Crippen LogP contribution is -2.00. The Hall–Kier alpha value is -0.250. The average molecular weight is 235 g/mol. The SMILES string of the molecule is CSc1c(F)cc(C(C)CO)cc1Cl. The van der Waals surface area contributed by atoms with Gasteiger partial charge < -0.3 is 5.11 Å². The van der Waals surface area contributed by atoms with Gasteiger partial charge in [0.25, 0.3) is 0 Å². The van der Waals surface area contributed by atoms with Crippen LogP contribution in [0.1, 0.15) is 18.4 Å². The molecule has 1 N–H and O–H groups in total. The summed E-state index contributed by atoms with van der Waals surface area (Å²) in [5.74, 6) is -0.404. The monoisotopic (exact) mass is 234 g/mol. The molecule has 0 radical (unpaired) electrons. The van der Waals surface area contributed by atoms with Crippen molar-refractivity contribution < 1.29 is 9.50 Å². The number of halogens is 2. The van der Waals surface area contributed by atoms with Crippen LogP contribution in [0, 0.1) is 5.82 Å². The first-order valence-electron chi connectivity index (χ1n) is 4.24. The summed E-state index contributed by atoms with van der Waals surface area (Å²) in [5, 5.41) is 9.34. The highest BCUT2D eigenvalue weighted by Gasteiger charge is 2.12. The molecule has 1 rings (SSSR count). The fourth-order valence-corrected chi connectivity index (χ4v) is 2.12. The molecule has 0 aliphatic rings. The first-order chi connectivity index (χ1) is 6.60. The van der Waals surface area contributed by atoms with Gasteiger partial charge in [0.15, 0.2) is 0 Å². The minimum absolute atomic E-state index is 0.00557. The van der Waals surface area contributed by atoms with Crippen LogP contribution in [0.5, 0.6) is 0 Å². The van der Waals surface area contributed by atoms with E-state index in [-0.39, 0.29) is 18.3 Å². The van der Waals surface area contributed by atoms with Crippen molar-refractivity contribution in [3.8, 4) is 0 Å². The van der Waals surface area contributed by atoms with Crippen LogP contribution in [0.15, 0.2) is 17.0 Å². The normalized spacial score (nSPS) is 12.9. The number of aliphatic hydroxyl groups is 1. The molecule has 0 spiro atoms. The molecule has 1 aromatic carbocycles. The molecule has 0 amide bonds. The van der Waals surface area contributed by atoms with Gasteiger partial charge in [-0.3, -0.25) is 0 Å². The molecule has 0 saturated heterocycles. The van der Waals surface area contributed by atoms with E-state index < -0.39 is 0 Å². The molecule has 4 heteroatoms. The third kappa shape index (κ3) is 2.41. The number of thioether (sulfide) groups is 1. The quantitative estimate of drug-likeness (QED) is 0.810. The van der Waals surface area contributed by atoms with E-state index in [4.69, 9.17) is 16.7 Å². The largest absolute Gasteiger partial charge is 0.396 e. The van der Waals surface area contributed by atoms with Crippen LogP contribution in [0.2, 0.25) is 5.02 Å². The maximum absolute atomic E-state index is 13.4. The van der Waals surface area contributed by atoms with Gasteiger partial charge in [-0.15, -0.1) is 11.8 Å². The first-order valence-corrected chi connectivity index (χ1v) is 5.84. The second-order valence-corrected chi connectivity index (χ2v) is 4.33. The fourth-order valence-electron chi connectivity index (χ4n) is 1.16. The Bertz CT molecular complexity index is 307. The van der Waals surface area contributed by atoms with Gasteiger partial charge in [0.2, 0.25) is 0 Å². The molecule has 14 heavy (non-hydrogen) atoms. The van der Waals surface area contributed by atoms with Crippen molar-refractivity contribution in [1.29, 1.82) is 0 Å². The second kappa shape index (κ2) is 5.01. The van der Waals surface area contributed by atoms with Gasteiger partial charge in [-0.1, -0.05) is 18.5 Å². The highest BCUT2D eigenvalue weighted by atomic mass is 35.5. The van der Waals surface area contributed by atoms with Crippen LogP contribution in [0.25, 0.3) is 0 Å². The lowest BCUT2D eigenvalue weighted by Gasteiger charge is -2.11. The van der Waals surface area contributed by atoms with Crippen molar-refractivity contribution in [2.75, 3.05) is 12.9 Å². The van der Waals surface area contributed by atoms with Crippen LogP contribution in [-0.2, 0) is 0 Å². The molecule has 0 bridgehead atoms. The third-order valence-electron chi connectivity index (χ3n) is 2.07. The molecule has 1 aromatic rings. The number of rotatable bonds is 3. The van der Waals surface area contributed by atoms with Gasteiger partial charge >= 0.3 is 0 Å². The Kier molecular flexibility index (Phi) is 4.23. The summed E-state index contributed by atoms with van der Waals surface area (Å²) in [4.78, 5) is 0.459. The van der Waals surface area contributed by atoms with Crippen LogP contribution < -0.4 is 0 Å².